The Hall–Kier alpha value is -3.39. The van der Waals surface area contributed by atoms with Gasteiger partial charge in [-0.3, -0.25) is 4.79 Å². The first-order valence-corrected chi connectivity index (χ1v) is 10.7. The molecule has 0 spiro atoms. The number of nitrogens with one attached hydrogen (secondary N) is 2. The van der Waals surface area contributed by atoms with Gasteiger partial charge in [0.1, 0.15) is 12.6 Å². The lowest BCUT2D eigenvalue weighted by Gasteiger charge is -2.35. The summed E-state index contributed by atoms with van der Waals surface area (Å²) >= 11 is 0. The third-order valence-corrected chi connectivity index (χ3v) is 6.21. The topological polar surface area (TPSA) is 125 Å². The van der Waals surface area contributed by atoms with Crippen molar-refractivity contribution in [3.63, 3.8) is 0 Å². The number of benzene rings is 2. The molecule has 0 heterocycles. The normalized spacial score (nSPS) is 19.8. The molecule has 0 unspecified atom stereocenters. The molecule has 1 atom stereocenters. The number of carboxylic acids is 1. The maximum absolute atomic E-state index is 12.3. The highest BCUT2D eigenvalue weighted by Crippen LogP contribution is 2.44. The Morgan fingerprint density at radius 1 is 1.00 bits per heavy atom. The van der Waals surface area contributed by atoms with Crippen LogP contribution in [0, 0.1) is 5.92 Å². The molecule has 0 bridgehead atoms. The van der Waals surface area contributed by atoms with Crippen LogP contribution in [0.5, 0.6) is 0 Å². The fourth-order valence-electron chi connectivity index (χ4n) is 4.43. The van der Waals surface area contributed by atoms with Crippen LogP contribution in [-0.4, -0.2) is 53.5 Å². The van der Waals surface area contributed by atoms with Crippen LogP contribution in [0.25, 0.3) is 11.1 Å². The average molecular weight is 438 g/mol. The molecule has 2 aliphatic rings. The molecule has 2 aliphatic carbocycles. The van der Waals surface area contributed by atoms with E-state index in [0.29, 0.717) is 12.8 Å². The summed E-state index contributed by atoms with van der Waals surface area (Å²) < 4.78 is 5.51. The van der Waals surface area contributed by atoms with Crippen LogP contribution in [0.3, 0.4) is 0 Å². The number of aliphatic hydroxyl groups excluding tert-OH is 1. The number of ether oxygens (including phenoxy) is 1. The number of hydrogen-bond acceptors (Lipinski definition) is 5. The Morgan fingerprint density at radius 2 is 1.59 bits per heavy atom. The van der Waals surface area contributed by atoms with Gasteiger partial charge in [-0.2, -0.15) is 0 Å². The molecule has 1 saturated carbocycles. The summed E-state index contributed by atoms with van der Waals surface area (Å²) in [5.41, 5.74) is 4.59. The second kappa shape index (κ2) is 9.40. The smallest absolute Gasteiger partial charge is 0.407 e. The maximum Gasteiger partial charge on any atom is 0.407 e. The number of aliphatic carboxylic acids is 1. The molecule has 168 valence electrons. The summed E-state index contributed by atoms with van der Waals surface area (Å²) in [6, 6.07) is 14.9. The first kappa shape index (κ1) is 21.8. The van der Waals surface area contributed by atoms with Crippen LogP contribution in [0.15, 0.2) is 48.5 Å². The largest absolute Gasteiger partial charge is 0.480 e. The van der Waals surface area contributed by atoms with Gasteiger partial charge in [-0.15, -0.1) is 0 Å². The van der Waals surface area contributed by atoms with Gasteiger partial charge in [-0.25, -0.2) is 9.59 Å². The van der Waals surface area contributed by atoms with Crippen molar-refractivity contribution in [2.75, 3.05) is 13.2 Å². The van der Waals surface area contributed by atoms with Crippen LogP contribution in [0.1, 0.15) is 36.3 Å². The van der Waals surface area contributed by atoms with E-state index >= 15 is 0 Å². The quantitative estimate of drug-likeness (QED) is 0.501. The van der Waals surface area contributed by atoms with E-state index in [9.17, 15) is 14.4 Å². The number of fused-ring (bicyclic) bond motifs is 3. The summed E-state index contributed by atoms with van der Waals surface area (Å²) in [5.74, 6) is -1.95. The maximum atomic E-state index is 12.3. The van der Waals surface area contributed by atoms with Gasteiger partial charge in [0, 0.05) is 30.9 Å². The van der Waals surface area contributed by atoms with Gasteiger partial charge in [0.15, 0.2) is 0 Å². The third kappa shape index (κ3) is 4.45. The predicted molar refractivity (Wildman–Crippen MR) is 116 cm³/mol. The second-order valence-electron chi connectivity index (χ2n) is 8.25. The zero-order chi connectivity index (χ0) is 22.7. The zero-order valence-electron chi connectivity index (χ0n) is 17.5. The Kier molecular flexibility index (Phi) is 6.41. The molecular weight excluding hydrogens is 412 g/mol. The number of aliphatic hydroxyl groups is 1. The second-order valence-corrected chi connectivity index (χ2v) is 8.25. The molecule has 4 N–H and O–H groups in total. The van der Waals surface area contributed by atoms with Gasteiger partial charge >= 0.3 is 12.1 Å². The number of hydrogen-bond donors (Lipinski definition) is 4. The number of carbonyl (C=O) groups is 3. The lowest BCUT2D eigenvalue weighted by Crippen LogP contribution is -2.52. The van der Waals surface area contributed by atoms with Crippen molar-refractivity contribution in [3.8, 4) is 11.1 Å². The van der Waals surface area contributed by atoms with Gasteiger partial charge in [-0.05, 0) is 35.1 Å². The summed E-state index contributed by atoms with van der Waals surface area (Å²) in [4.78, 5) is 35.6. The van der Waals surface area contributed by atoms with Gasteiger partial charge in [0.25, 0.3) is 0 Å². The summed E-state index contributed by atoms with van der Waals surface area (Å²) in [7, 11) is 0. The van der Waals surface area contributed by atoms with Crippen LogP contribution in [-0.2, 0) is 14.3 Å². The number of carbonyl (C=O) groups excluding carboxylic acids is 2. The standard InChI is InChI=1S/C24H26N2O6/c27-10-9-21(23(29)30)26-22(28)14-11-15(12-14)25-24(31)32-13-20-18-7-3-1-5-16(18)17-6-2-4-8-19(17)20/h1-8,14-15,20-21,27H,9-13H2,(H,25,31)(H,26,28)(H,29,30)/t14?,15?,21-/m1/s1. The molecule has 2 amide bonds. The Labute approximate surface area is 185 Å². The third-order valence-electron chi connectivity index (χ3n) is 6.21. The van der Waals surface area contributed by atoms with Crippen molar-refractivity contribution in [2.24, 2.45) is 5.92 Å². The van der Waals surface area contributed by atoms with E-state index in [1.165, 1.54) is 0 Å². The molecule has 2 aromatic carbocycles. The van der Waals surface area contributed by atoms with Gasteiger partial charge in [-0.1, -0.05) is 48.5 Å². The molecule has 0 aromatic heterocycles. The number of rotatable bonds is 8. The molecule has 8 nitrogen and oxygen atoms in total. The van der Waals surface area contributed by atoms with E-state index in [2.05, 4.69) is 34.9 Å². The highest BCUT2D eigenvalue weighted by Gasteiger charge is 2.37. The summed E-state index contributed by atoms with van der Waals surface area (Å²) in [6.45, 7) is -0.105. The summed E-state index contributed by atoms with van der Waals surface area (Å²) in [6.07, 6.45) is 0.262. The first-order chi connectivity index (χ1) is 15.5. The van der Waals surface area contributed by atoms with Crippen molar-refractivity contribution in [1.82, 2.24) is 10.6 Å². The molecule has 0 aliphatic heterocycles. The fraction of sp³-hybridized carbons (Fsp3) is 0.375. The van der Waals surface area contributed by atoms with Crippen molar-refractivity contribution < 1.29 is 29.3 Å². The molecule has 2 aromatic rings. The zero-order valence-corrected chi connectivity index (χ0v) is 17.5. The van der Waals surface area contributed by atoms with Gasteiger partial charge in [0.2, 0.25) is 5.91 Å². The Balaban J connectivity index is 1.26. The predicted octanol–water partition coefficient (Wildman–Crippen LogP) is 2.26. The monoisotopic (exact) mass is 438 g/mol. The van der Waals surface area contributed by atoms with E-state index in [0.717, 1.165) is 22.3 Å². The molecular formula is C24H26N2O6. The van der Waals surface area contributed by atoms with E-state index in [1.54, 1.807) is 0 Å². The van der Waals surface area contributed by atoms with Crippen LogP contribution in [0.2, 0.25) is 0 Å². The van der Waals surface area contributed by atoms with Crippen LogP contribution >= 0.6 is 0 Å². The summed E-state index contributed by atoms with van der Waals surface area (Å²) in [5, 5.41) is 23.2. The molecule has 32 heavy (non-hydrogen) atoms. The molecule has 0 radical (unpaired) electrons. The Morgan fingerprint density at radius 3 is 2.16 bits per heavy atom. The molecule has 4 rings (SSSR count). The SMILES string of the molecule is O=C(NC1CC(C(=O)N[C@H](CCO)C(=O)O)C1)OCC1c2ccccc2-c2ccccc21. The van der Waals surface area contributed by atoms with Crippen molar-refractivity contribution in [1.29, 1.82) is 0 Å². The van der Waals surface area contributed by atoms with E-state index in [1.807, 2.05) is 24.3 Å². The minimum absolute atomic E-state index is 0.0208. The number of amides is 2. The fourth-order valence-corrected chi connectivity index (χ4v) is 4.43. The molecule has 8 heteroatoms. The van der Waals surface area contributed by atoms with Gasteiger partial charge in [0.05, 0.1) is 0 Å². The highest BCUT2D eigenvalue weighted by atomic mass is 16.5. The Bertz CT molecular complexity index is 972. The number of alkyl carbamates (subject to hydrolysis) is 1. The lowest BCUT2D eigenvalue weighted by molar-refractivity contribution is -0.143. The van der Waals surface area contributed by atoms with E-state index < -0.39 is 18.1 Å². The highest BCUT2D eigenvalue weighted by molar-refractivity contribution is 5.86. The first-order valence-electron chi connectivity index (χ1n) is 10.7. The number of carboxylic acid groups (broad SMARTS) is 1. The molecule has 1 fully saturated rings. The van der Waals surface area contributed by atoms with Gasteiger partial charge < -0.3 is 25.6 Å². The van der Waals surface area contributed by atoms with Crippen LogP contribution in [0.4, 0.5) is 4.79 Å². The van der Waals surface area contributed by atoms with Crippen molar-refractivity contribution >= 4 is 18.0 Å². The van der Waals surface area contributed by atoms with Crippen molar-refractivity contribution in [3.05, 3.63) is 59.7 Å². The van der Waals surface area contributed by atoms with E-state index in [-0.39, 0.29) is 43.4 Å². The minimum atomic E-state index is -1.18. The lowest BCUT2D eigenvalue weighted by atomic mass is 9.79. The average Bonchev–Trinajstić information content (AvgIpc) is 3.08. The minimum Gasteiger partial charge on any atom is -0.480 e. The van der Waals surface area contributed by atoms with Crippen LogP contribution < -0.4 is 10.6 Å². The molecule has 0 saturated heterocycles. The van der Waals surface area contributed by atoms with E-state index in [4.69, 9.17) is 14.9 Å². The van der Waals surface area contributed by atoms with Crippen molar-refractivity contribution in [2.45, 2.75) is 37.3 Å².